The summed E-state index contributed by atoms with van der Waals surface area (Å²) in [4.78, 5) is 33.9. The summed E-state index contributed by atoms with van der Waals surface area (Å²) in [6.07, 6.45) is 8.23. The summed E-state index contributed by atoms with van der Waals surface area (Å²) in [5.74, 6) is 0.255. The maximum atomic E-state index is 14.0. The molecule has 1 aromatic carbocycles. The molecule has 2 aromatic rings. The molecule has 1 saturated carbocycles. The second kappa shape index (κ2) is 11.2. The van der Waals surface area contributed by atoms with Crippen LogP contribution in [-0.4, -0.2) is 34.3 Å². The number of nitrogens with zero attached hydrogens (tertiary/aromatic N) is 2. The van der Waals surface area contributed by atoms with Crippen LogP contribution in [0.5, 0.6) is 0 Å². The van der Waals surface area contributed by atoms with Gasteiger partial charge in [-0.3, -0.25) is 9.59 Å². The number of benzene rings is 1. The van der Waals surface area contributed by atoms with E-state index in [1.54, 1.807) is 11.3 Å². The summed E-state index contributed by atoms with van der Waals surface area (Å²) in [5.41, 5.74) is 5.99. The van der Waals surface area contributed by atoms with Crippen LogP contribution in [0.15, 0.2) is 17.5 Å². The molecule has 5 nitrogen and oxygen atoms in total. The maximum absolute atomic E-state index is 14.0. The zero-order valence-electron chi connectivity index (χ0n) is 22.0. The number of likely N-dealkylation sites (tertiary alicyclic amines) is 1. The molecule has 2 heterocycles. The van der Waals surface area contributed by atoms with Gasteiger partial charge in [0.15, 0.2) is 0 Å². The van der Waals surface area contributed by atoms with E-state index in [0.29, 0.717) is 0 Å². The fourth-order valence-corrected chi connectivity index (χ4v) is 6.65. The topological polar surface area (TPSA) is 62.3 Å². The molecule has 0 spiro atoms. The van der Waals surface area contributed by atoms with Crippen molar-refractivity contribution in [1.29, 1.82) is 0 Å². The first-order chi connectivity index (χ1) is 16.8. The van der Waals surface area contributed by atoms with Gasteiger partial charge in [0.25, 0.3) is 0 Å². The number of thiazole rings is 1. The maximum Gasteiger partial charge on any atom is 0.246 e. The average molecular weight is 496 g/mol. The molecule has 0 unspecified atom stereocenters. The van der Waals surface area contributed by atoms with Gasteiger partial charge in [-0.25, -0.2) is 4.98 Å². The second-order valence-corrected chi connectivity index (χ2v) is 11.5. The Morgan fingerprint density at radius 1 is 1.09 bits per heavy atom. The summed E-state index contributed by atoms with van der Waals surface area (Å²) < 4.78 is 0. The van der Waals surface area contributed by atoms with Crippen molar-refractivity contribution in [2.75, 3.05) is 6.54 Å². The van der Waals surface area contributed by atoms with Gasteiger partial charge < -0.3 is 10.2 Å². The number of carbonyl (C=O) groups excluding carboxylic acids is 2. The Balaban J connectivity index is 1.59. The SMILES string of the molecule is CC[C@@H](C)C(=O)N[C@H](C(=O)N1CCC[C@H]1c1nc(-c2c(C)ccc(C)c2C)cs1)C1CCCCC1. The van der Waals surface area contributed by atoms with E-state index in [1.165, 1.54) is 28.7 Å². The summed E-state index contributed by atoms with van der Waals surface area (Å²) >= 11 is 1.66. The van der Waals surface area contributed by atoms with Crippen molar-refractivity contribution in [2.24, 2.45) is 11.8 Å². The normalized spacial score (nSPS) is 20.6. The van der Waals surface area contributed by atoms with Crippen molar-refractivity contribution in [1.82, 2.24) is 15.2 Å². The lowest BCUT2D eigenvalue weighted by atomic mass is 9.83. The highest BCUT2D eigenvalue weighted by molar-refractivity contribution is 7.10. The van der Waals surface area contributed by atoms with Crippen molar-refractivity contribution >= 4 is 23.2 Å². The predicted octanol–water partition coefficient (Wildman–Crippen LogP) is 6.51. The first-order valence-corrected chi connectivity index (χ1v) is 14.3. The fraction of sp³-hybridized carbons (Fsp3) is 0.621. The number of amides is 2. The average Bonchev–Trinajstić information content (AvgIpc) is 3.54. The molecule has 0 radical (unpaired) electrons. The lowest BCUT2D eigenvalue weighted by Crippen LogP contribution is -2.53. The molecule has 1 aromatic heterocycles. The quantitative estimate of drug-likeness (QED) is 0.476. The molecule has 1 aliphatic carbocycles. The van der Waals surface area contributed by atoms with Gasteiger partial charge in [-0.1, -0.05) is 45.2 Å². The molecule has 2 aliphatic rings. The summed E-state index contributed by atoms with van der Waals surface area (Å²) in [6, 6.07) is 3.91. The number of hydrogen-bond acceptors (Lipinski definition) is 4. The number of rotatable bonds is 7. The van der Waals surface area contributed by atoms with Crippen LogP contribution in [0.2, 0.25) is 0 Å². The van der Waals surface area contributed by atoms with E-state index in [-0.39, 0.29) is 29.7 Å². The van der Waals surface area contributed by atoms with Gasteiger partial charge >= 0.3 is 0 Å². The van der Waals surface area contributed by atoms with Crippen LogP contribution >= 0.6 is 11.3 Å². The van der Waals surface area contributed by atoms with Gasteiger partial charge in [-0.05, 0) is 75.5 Å². The minimum atomic E-state index is -0.418. The van der Waals surface area contributed by atoms with E-state index < -0.39 is 6.04 Å². The first-order valence-electron chi connectivity index (χ1n) is 13.4. The van der Waals surface area contributed by atoms with Crippen molar-refractivity contribution in [3.05, 3.63) is 39.2 Å². The molecule has 1 N–H and O–H groups in total. The van der Waals surface area contributed by atoms with E-state index in [4.69, 9.17) is 4.98 Å². The van der Waals surface area contributed by atoms with Crippen LogP contribution in [0, 0.1) is 32.6 Å². The Hall–Kier alpha value is -2.21. The van der Waals surface area contributed by atoms with E-state index >= 15 is 0 Å². The molecule has 35 heavy (non-hydrogen) atoms. The van der Waals surface area contributed by atoms with Gasteiger partial charge in [0.1, 0.15) is 11.0 Å². The van der Waals surface area contributed by atoms with Crippen LogP contribution in [0.4, 0.5) is 0 Å². The second-order valence-electron chi connectivity index (χ2n) is 10.7. The van der Waals surface area contributed by atoms with Gasteiger partial charge in [0, 0.05) is 23.4 Å². The van der Waals surface area contributed by atoms with Crippen molar-refractivity contribution < 1.29 is 9.59 Å². The number of carbonyl (C=O) groups is 2. The fourth-order valence-electron chi connectivity index (χ4n) is 5.70. The summed E-state index contributed by atoms with van der Waals surface area (Å²) in [6.45, 7) is 11.2. The predicted molar refractivity (Wildman–Crippen MR) is 143 cm³/mol. The van der Waals surface area contributed by atoms with Gasteiger partial charge in [0.05, 0.1) is 11.7 Å². The van der Waals surface area contributed by atoms with Crippen LogP contribution in [-0.2, 0) is 9.59 Å². The third-order valence-electron chi connectivity index (χ3n) is 8.29. The molecule has 6 heteroatoms. The van der Waals surface area contributed by atoms with E-state index in [1.807, 2.05) is 18.7 Å². The Kier molecular flexibility index (Phi) is 8.31. The number of aromatic nitrogens is 1. The van der Waals surface area contributed by atoms with Crippen molar-refractivity contribution in [3.8, 4) is 11.3 Å². The molecule has 3 atom stereocenters. The zero-order chi connectivity index (χ0) is 25.1. The van der Waals surface area contributed by atoms with Crippen LogP contribution in [0.25, 0.3) is 11.3 Å². The molecule has 0 bridgehead atoms. The third kappa shape index (κ3) is 5.47. The largest absolute Gasteiger partial charge is 0.344 e. The number of hydrogen-bond donors (Lipinski definition) is 1. The Bertz CT molecular complexity index is 1060. The van der Waals surface area contributed by atoms with E-state index in [9.17, 15) is 9.59 Å². The Morgan fingerprint density at radius 2 is 1.80 bits per heavy atom. The molecular weight excluding hydrogens is 454 g/mol. The van der Waals surface area contributed by atoms with E-state index in [0.717, 1.165) is 62.2 Å². The minimum absolute atomic E-state index is 0.00161. The number of aryl methyl sites for hydroxylation is 2. The summed E-state index contributed by atoms with van der Waals surface area (Å²) in [5, 5.41) is 6.35. The van der Waals surface area contributed by atoms with Crippen molar-refractivity contribution in [3.63, 3.8) is 0 Å². The van der Waals surface area contributed by atoms with Crippen LogP contribution in [0.3, 0.4) is 0 Å². The van der Waals surface area contributed by atoms with Crippen LogP contribution in [0.1, 0.15) is 93.0 Å². The molecule has 190 valence electrons. The van der Waals surface area contributed by atoms with Gasteiger partial charge in [0.2, 0.25) is 11.8 Å². The minimum Gasteiger partial charge on any atom is -0.344 e. The lowest BCUT2D eigenvalue weighted by Gasteiger charge is -2.35. The monoisotopic (exact) mass is 495 g/mol. The molecule has 4 rings (SSSR count). The molecule has 1 saturated heterocycles. The standard InChI is InChI=1S/C29H41N3O2S/c1-6-18(2)27(33)31-26(22-11-8-7-9-12-22)29(34)32-16-10-13-24(32)28-30-23(17-35-28)25-20(4)15-14-19(3)21(25)5/h14-15,17-18,22,24,26H,6-13,16H2,1-5H3,(H,31,33)/t18-,24+,26+/m1/s1. The molecule has 1 aliphatic heterocycles. The molecular formula is C29H41N3O2S. The lowest BCUT2D eigenvalue weighted by molar-refractivity contribution is -0.140. The highest BCUT2D eigenvalue weighted by atomic mass is 32.1. The highest BCUT2D eigenvalue weighted by Crippen LogP contribution is 2.39. The third-order valence-corrected chi connectivity index (χ3v) is 9.23. The molecule has 2 amide bonds. The van der Waals surface area contributed by atoms with E-state index in [2.05, 4.69) is 43.6 Å². The zero-order valence-corrected chi connectivity index (χ0v) is 22.8. The number of nitrogens with one attached hydrogen (secondary N) is 1. The molecule has 2 fully saturated rings. The summed E-state index contributed by atoms with van der Waals surface area (Å²) in [7, 11) is 0. The van der Waals surface area contributed by atoms with Crippen molar-refractivity contribution in [2.45, 2.75) is 98.1 Å². The smallest absolute Gasteiger partial charge is 0.246 e. The van der Waals surface area contributed by atoms with Gasteiger partial charge in [-0.15, -0.1) is 11.3 Å². The first kappa shape index (κ1) is 25.9. The Morgan fingerprint density at radius 3 is 2.51 bits per heavy atom. The van der Waals surface area contributed by atoms with Gasteiger partial charge in [-0.2, -0.15) is 0 Å². The van der Waals surface area contributed by atoms with Crippen LogP contribution < -0.4 is 5.32 Å². The highest BCUT2D eigenvalue weighted by Gasteiger charge is 2.40. The Labute approximate surface area is 214 Å².